The van der Waals surface area contributed by atoms with E-state index in [9.17, 15) is 4.79 Å². The molecule has 1 aromatic heterocycles. The van der Waals surface area contributed by atoms with Gasteiger partial charge >= 0.3 is 0 Å². The summed E-state index contributed by atoms with van der Waals surface area (Å²) in [7, 11) is 0. The number of aromatic nitrogens is 2. The zero-order chi connectivity index (χ0) is 17.6. The Kier molecular flexibility index (Phi) is 5.87. The summed E-state index contributed by atoms with van der Waals surface area (Å²) >= 11 is 0. The van der Waals surface area contributed by atoms with Crippen molar-refractivity contribution in [1.82, 2.24) is 15.1 Å². The zero-order valence-corrected chi connectivity index (χ0v) is 15.3. The number of quaternary nitrogens is 1. The maximum atomic E-state index is 12.3. The molecule has 0 saturated carbocycles. The normalized spacial score (nSPS) is 20.4. The number of benzene rings is 1. The van der Waals surface area contributed by atoms with Crippen molar-refractivity contribution in [2.24, 2.45) is 0 Å². The van der Waals surface area contributed by atoms with Gasteiger partial charge in [-0.05, 0) is 63.4 Å². The van der Waals surface area contributed by atoms with Gasteiger partial charge in [-0.1, -0.05) is 0 Å². The van der Waals surface area contributed by atoms with Crippen molar-refractivity contribution in [2.45, 2.75) is 45.6 Å². The Morgan fingerprint density at radius 2 is 2.08 bits per heavy atom. The minimum atomic E-state index is 0.00503. The molecule has 0 aliphatic carbocycles. The number of hydrogen-bond donors (Lipinski definition) is 2. The van der Waals surface area contributed by atoms with Gasteiger partial charge in [0.15, 0.2) is 0 Å². The van der Waals surface area contributed by atoms with Gasteiger partial charge in [0.25, 0.3) is 5.91 Å². The number of rotatable bonds is 6. The highest BCUT2D eigenvalue weighted by atomic mass is 16.1. The van der Waals surface area contributed by atoms with Gasteiger partial charge in [-0.15, -0.1) is 0 Å². The highest BCUT2D eigenvalue weighted by Gasteiger charge is 2.20. The molecule has 5 heteroatoms. The van der Waals surface area contributed by atoms with Crippen LogP contribution in [0.25, 0.3) is 5.69 Å². The number of carbonyl (C=O) groups is 1. The highest BCUT2D eigenvalue weighted by molar-refractivity contribution is 5.94. The maximum absolute atomic E-state index is 12.3. The van der Waals surface area contributed by atoms with Gasteiger partial charge in [0.1, 0.15) is 0 Å². The topological polar surface area (TPSA) is 51.4 Å². The average molecular weight is 341 g/mol. The van der Waals surface area contributed by atoms with E-state index in [4.69, 9.17) is 0 Å². The molecule has 0 bridgehead atoms. The Bertz CT molecular complexity index is 692. The molecule has 2 N–H and O–H groups in total. The molecule has 2 atom stereocenters. The number of aryl methyl sites for hydroxylation is 1. The zero-order valence-electron chi connectivity index (χ0n) is 15.3. The molecule has 3 rings (SSSR count). The quantitative estimate of drug-likeness (QED) is 0.787. The number of nitrogens with zero attached hydrogens (tertiary/aromatic N) is 2. The number of piperidine rings is 1. The van der Waals surface area contributed by atoms with Crippen molar-refractivity contribution in [3.63, 3.8) is 0 Å². The van der Waals surface area contributed by atoms with Crippen LogP contribution in [0.15, 0.2) is 36.5 Å². The summed E-state index contributed by atoms with van der Waals surface area (Å²) in [6, 6.07) is 10.3. The number of likely N-dealkylation sites (tertiary alicyclic amines) is 1. The first-order valence-electron chi connectivity index (χ1n) is 9.39. The third-order valence-electron chi connectivity index (χ3n) is 5.25. The average Bonchev–Trinajstić information content (AvgIpc) is 3.06. The van der Waals surface area contributed by atoms with Crippen LogP contribution in [0.3, 0.4) is 0 Å². The van der Waals surface area contributed by atoms with Crippen LogP contribution in [0.2, 0.25) is 0 Å². The van der Waals surface area contributed by atoms with Crippen LogP contribution >= 0.6 is 0 Å². The van der Waals surface area contributed by atoms with Gasteiger partial charge in [0.05, 0.1) is 24.8 Å². The van der Waals surface area contributed by atoms with Crippen molar-refractivity contribution >= 4 is 5.91 Å². The minimum absolute atomic E-state index is 0.00503. The van der Waals surface area contributed by atoms with Gasteiger partial charge in [-0.2, -0.15) is 5.10 Å². The van der Waals surface area contributed by atoms with Crippen LogP contribution < -0.4 is 10.2 Å². The standard InChI is InChI=1S/C20H28N4O/c1-16-6-3-4-14-23(16)15-5-12-21-20(25)18-7-9-19(10-8-18)24-17(2)11-13-22-24/h7-11,13,16H,3-6,12,14-15H2,1-2H3,(H,21,25)/p+1/t16-/m0/s1. The van der Waals surface area contributed by atoms with Crippen molar-refractivity contribution in [3.8, 4) is 5.69 Å². The minimum Gasteiger partial charge on any atom is -0.352 e. The smallest absolute Gasteiger partial charge is 0.251 e. The SMILES string of the molecule is Cc1ccnn1-c1ccc(C(=O)NCCC[NH+]2CCCC[C@@H]2C)cc1. The lowest BCUT2D eigenvalue weighted by Gasteiger charge is -2.30. The lowest BCUT2D eigenvalue weighted by atomic mass is 10.0. The van der Waals surface area contributed by atoms with E-state index in [1.807, 2.05) is 41.9 Å². The van der Waals surface area contributed by atoms with Crippen LogP contribution in [0, 0.1) is 6.92 Å². The largest absolute Gasteiger partial charge is 0.352 e. The van der Waals surface area contributed by atoms with E-state index >= 15 is 0 Å². The van der Waals surface area contributed by atoms with Gasteiger partial charge in [0.2, 0.25) is 0 Å². The number of carbonyl (C=O) groups excluding carboxylic acids is 1. The van der Waals surface area contributed by atoms with Crippen molar-refractivity contribution in [1.29, 1.82) is 0 Å². The second kappa shape index (κ2) is 8.30. The summed E-state index contributed by atoms with van der Waals surface area (Å²) in [4.78, 5) is 14.0. The summed E-state index contributed by atoms with van der Waals surface area (Å²) in [6.45, 7) is 7.53. The molecule has 1 aliphatic heterocycles. The van der Waals surface area contributed by atoms with Crippen LogP contribution in [0.5, 0.6) is 0 Å². The monoisotopic (exact) mass is 341 g/mol. The van der Waals surface area contributed by atoms with Crippen LogP contribution in [0.1, 0.15) is 48.7 Å². The Morgan fingerprint density at radius 3 is 2.76 bits per heavy atom. The molecule has 2 heterocycles. The van der Waals surface area contributed by atoms with E-state index in [2.05, 4.69) is 17.3 Å². The molecule has 1 unspecified atom stereocenters. The van der Waals surface area contributed by atoms with Crippen LogP contribution in [-0.2, 0) is 0 Å². The second-order valence-electron chi connectivity index (χ2n) is 7.10. The maximum Gasteiger partial charge on any atom is 0.251 e. The molecule has 0 radical (unpaired) electrons. The Balaban J connectivity index is 1.46. The summed E-state index contributed by atoms with van der Waals surface area (Å²) in [6.07, 6.45) is 6.87. The Labute approximate surface area is 150 Å². The van der Waals surface area contributed by atoms with E-state index in [-0.39, 0.29) is 5.91 Å². The Morgan fingerprint density at radius 1 is 1.28 bits per heavy atom. The molecule has 5 nitrogen and oxygen atoms in total. The molecular formula is C20H29N4O+. The van der Waals surface area contributed by atoms with Crippen LogP contribution in [-0.4, -0.2) is 41.4 Å². The fourth-order valence-electron chi connectivity index (χ4n) is 3.64. The second-order valence-corrected chi connectivity index (χ2v) is 7.10. The molecule has 1 fully saturated rings. The lowest BCUT2D eigenvalue weighted by Crippen LogP contribution is -3.16. The highest BCUT2D eigenvalue weighted by Crippen LogP contribution is 2.11. The van der Waals surface area contributed by atoms with Gasteiger partial charge in [-0.25, -0.2) is 4.68 Å². The molecule has 0 spiro atoms. The molecule has 134 valence electrons. The first-order chi connectivity index (χ1) is 12.1. The Hall–Kier alpha value is -2.14. The van der Waals surface area contributed by atoms with E-state index < -0.39 is 0 Å². The summed E-state index contributed by atoms with van der Waals surface area (Å²) in [5.41, 5.74) is 2.75. The van der Waals surface area contributed by atoms with E-state index in [0.717, 1.165) is 36.9 Å². The molecule has 1 amide bonds. The summed E-state index contributed by atoms with van der Waals surface area (Å²) < 4.78 is 1.87. The van der Waals surface area contributed by atoms with E-state index in [0.29, 0.717) is 5.56 Å². The number of nitrogens with one attached hydrogen (secondary N) is 2. The molecule has 2 aromatic rings. The van der Waals surface area contributed by atoms with E-state index in [1.54, 1.807) is 11.1 Å². The van der Waals surface area contributed by atoms with E-state index in [1.165, 1.54) is 25.8 Å². The fourth-order valence-corrected chi connectivity index (χ4v) is 3.64. The van der Waals surface area contributed by atoms with Crippen LogP contribution in [0.4, 0.5) is 0 Å². The third kappa shape index (κ3) is 4.48. The third-order valence-corrected chi connectivity index (χ3v) is 5.25. The van der Waals surface area contributed by atoms with Gasteiger partial charge in [0, 0.05) is 30.4 Å². The van der Waals surface area contributed by atoms with Crippen molar-refractivity contribution < 1.29 is 9.69 Å². The first kappa shape index (κ1) is 17.7. The fraction of sp³-hybridized carbons (Fsp3) is 0.500. The van der Waals surface area contributed by atoms with Crippen molar-refractivity contribution in [3.05, 3.63) is 47.8 Å². The molecule has 25 heavy (non-hydrogen) atoms. The summed E-state index contributed by atoms with van der Waals surface area (Å²) in [5.74, 6) is 0.00503. The first-order valence-corrected chi connectivity index (χ1v) is 9.39. The van der Waals surface area contributed by atoms with Gasteiger partial charge < -0.3 is 10.2 Å². The lowest BCUT2D eigenvalue weighted by molar-refractivity contribution is -0.928. The number of hydrogen-bond acceptors (Lipinski definition) is 2. The predicted octanol–water partition coefficient (Wildman–Crippen LogP) is 1.76. The molecule has 1 aliphatic rings. The summed E-state index contributed by atoms with van der Waals surface area (Å²) in [5, 5.41) is 7.33. The molecular weight excluding hydrogens is 312 g/mol. The molecule has 1 saturated heterocycles. The molecule has 1 aromatic carbocycles. The number of amides is 1. The van der Waals surface area contributed by atoms with Crippen molar-refractivity contribution in [2.75, 3.05) is 19.6 Å². The predicted molar refractivity (Wildman–Crippen MR) is 99.3 cm³/mol. The van der Waals surface area contributed by atoms with Gasteiger partial charge in [-0.3, -0.25) is 4.79 Å².